The number of hydrogen-bond donors (Lipinski definition) is 2. The number of para-hydroxylation sites is 1. The SMILES string of the molecule is NC1CCN(C(=O)Cc2c[nH]c3ccccc23)CC1. The molecule has 1 aromatic heterocycles. The first-order valence-corrected chi connectivity index (χ1v) is 6.82. The minimum Gasteiger partial charge on any atom is -0.361 e. The Bertz CT molecular complexity index is 582. The Kier molecular flexibility index (Phi) is 3.25. The number of likely N-dealkylation sites (tertiary alicyclic amines) is 1. The predicted octanol–water partition coefficient (Wildman–Crippen LogP) is 1.66. The number of carbonyl (C=O) groups is 1. The molecule has 3 N–H and O–H groups in total. The summed E-state index contributed by atoms with van der Waals surface area (Å²) in [6, 6.07) is 8.35. The summed E-state index contributed by atoms with van der Waals surface area (Å²) in [4.78, 5) is 17.4. The lowest BCUT2D eigenvalue weighted by Crippen LogP contribution is -2.43. The summed E-state index contributed by atoms with van der Waals surface area (Å²) in [5, 5.41) is 1.14. The van der Waals surface area contributed by atoms with Gasteiger partial charge in [-0.2, -0.15) is 0 Å². The Morgan fingerprint density at radius 3 is 2.84 bits per heavy atom. The van der Waals surface area contributed by atoms with Gasteiger partial charge in [-0.15, -0.1) is 0 Å². The molecule has 4 nitrogen and oxygen atoms in total. The standard InChI is InChI=1S/C15H19N3O/c16-12-5-7-18(8-6-12)15(19)9-11-10-17-14-4-2-1-3-13(11)14/h1-4,10,12,17H,5-9,16H2. The first-order valence-electron chi connectivity index (χ1n) is 6.82. The number of piperidine rings is 1. The van der Waals surface area contributed by atoms with E-state index in [0.717, 1.165) is 42.4 Å². The smallest absolute Gasteiger partial charge is 0.227 e. The van der Waals surface area contributed by atoms with Crippen molar-refractivity contribution >= 4 is 16.8 Å². The van der Waals surface area contributed by atoms with Gasteiger partial charge in [0.05, 0.1) is 6.42 Å². The summed E-state index contributed by atoms with van der Waals surface area (Å²) in [6.45, 7) is 1.59. The highest BCUT2D eigenvalue weighted by atomic mass is 16.2. The summed E-state index contributed by atoms with van der Waals surface area (Å²) in [6.07, 6.45) is 4.25. The van der Waals surface area contributed by atoms with Gasteiger partial charge >= 0.3 is 0 Å². The van der Waals surface area contributed by atoms with E-state index in [-0.39, 0.29) is 11.9 Å². The highest BCUT2D eigenvalue weighted by molar-refractivity contribution is 5.88. The monoisotopic (exact) mass is 257 g/mol. The maximum Gasteiger partial charge on any atom is 0.227 e. The molecule has 2 heterocycles. The molecule has 0 unspecified atom stereocenters. The van der Waals surface area contributed by atoms with Crippen LogP contribution in [0.3, 0.4) is 0 Å². The highest BCUT2D eigenvalue weighted by Gasteiger charge is 2.21. The molecule has 0 radical (unpaired) electrons. The van der Waals surface area contributed by atoms with Crippen LogP contribution in [0.15, 0.2) is 30.5 Å². The van der Waals surface area contributed by atoms with Gasteiger partial charge in [0.2, 0.25) is 5.91 Å². The van der Waals surface area contributed by atoms with Crippen molar-refractivity contribution in [3.63, 3.8) is 0 Å². The molecule has 3 rings (SSSR count). The van der Waals surface area contributed by atoms with Crippen molar-refractivity contribution in [1.82, 2.24) is 9.88 Å². The second-order valence-corrected chi connectivity index (χ2v) is 5.25. The predicted molar refractivity (Wildman–Crippen MR) is 75.8 cm³/mol. The van der Waals surface area contributed by atoms with E-state index < -0.39 is 0 Å². The molecule has 0 spiro atoms. The zero-order chi connectivity index (χ0) is 13.2. The van der Waals surface area contributed by atoms with Crippen LogP contribution in [-0.2, 0) is 11.2 Å². The number of H-pyrrole nitrogens is 1. The van der Waals surface area contributed by atoms with E-state index in [1.165, 1.54) is 0 Å². The third-order valence-corrected chi connectivity index (χ3v) is 3.91. The van der Waals surface area contributed by atoms with Crippen LogP contribution in [0.2, 0.25) is 0 Å². The summed E-state index contributed by atoms with van der Waals surface area (Å²) >= 11 is 0. The molecular formula is C15H19N3O. The molecule has 0 bridgehead atoms. The van der Waals surface area contributed by atoms with Gasteiger partial charge in [0, 0.05) is 36.2 Å². The third-order valence-electron chi connectivity index (χ3n) is 3.91. The lowest BCUT2D eigenvalue weighted by atomic mass is 10.0. The first kappa shape index (κ1) is 12.2. The van der Waals surface area contributed by atoms with Gasteiger partial charge in [0.25, 0.3) is 0 Å². The number of nitrogens with one attached hydrogen (secondary N) is 1. The van der Waals surface area contributed by atoms with E-state index in [0.29, 0.717) is 6.42 Å². The van der Waals surface area contributed by atoms with Crippen LogP contribution < -0.4 is 5.73 Å². The fraction of sp³-hybridized carbons (Fsp3) is 0.400. The molecule has 1 saturated heterocycles. The fourth-order valence-electron chi connectivity index (χ4n) is 2.70. The maximum absolute atomic E-state index is 12.3. The van der Waals surface area contributed by atoms with Crippen LogP contribution in [0.5, 0.6) is 0 Å². The number of benzene rings is 1. The number of rotatable bonds is 2. The normalized spacial score (nSPS) is 17.0. The van der Waals surface area contributed by atoms with Crippen LogP contribution in [0.4, 0.5) is 0 Å². The highest BCUT2D eigenvalue weighted by Crippen LogP contribution is 2.19. The number of amides is 1. The van der Waals surface area contributed by atoms with Gasteiger partial charge in [-0.05, 0) is 24.5 Å². The molecule has 4 heteroatoms. The lowest BCUT2D eigenvalue weighted by Gasteiger charge is -2.30. The van der Waals surface area contributed by atoms with Crippen LogP contribution >= 0.6 is 0 Å². The van der Waals surface area contributed by atoms with Gasteiger partial charge in [0.1, 0.15) is 0 Å². The summed E-state index contributed by atoms with van der Waals surface area (Å²) < 4.78 is 0. The Hall–Kier alpha value is -1.81. The van der Waals surface area contributed by atoms with Gasteiger partial charge in [0.15, 0.2) is 0 Å². The van der Waals surface area contributed by atoms with Gasteiger partial charge in [-0.25, -0.2) is 0 Å². The Balaban J connectivity index is 1.72. The zero-order valence-electron chi connectivity index (χ0n) is 10.9. The molecule has 1 fully saturated rings. The van der Waals surface area contributed by atoms with Crippen molar-refractivity contribution in [2.75, 3.05) is 13.1 Å². The van der Waals surface area contributed by atoms with Crippen molar-refractivity contribution in [3.05, 3.63) is 36.0 Å². The Labute approximate surface area is 112 Å². The number of hydrogen-bond acceptors (Lipinski definition) is 2. The average molecular weight is 257 g/mol. The second kappa shape index (κ2) is 5.05. The molecular weight excluding hydrogens is 238 g/mol. The van der Waals surface area contributed by atoms with Crippen molar-refractivity contribution in [3.8, 4) is 0 Å². The molecule has 1 aromatic carbocycles. The topological polar surface area (TPSA) is 62.1 Å². The van der Waals surface area contributed by atoms with E-state index in [1.54, 1.807) is 0 Å². The van der Waals surface area contributed by atoms with Crippen LogP contribution in [-0.4, -0.2) is 34.9 Å². The molecule has 1 amide bonds. The summed E-state index contributed by atoms with van der Waals surface area (Å²) in [7, 11) is 0. The number of nitrogens with zero attached hydrogens (tertiary/aromatic N) is 1. The van der Waals surface area contributed by atoms with Crippen molar-refractivity contribution in [2.45, 2.75) is 25.3 Å². The molecule has 0 aliphatic carbocycles. The zero-order valence-corrected chi connectivity index (χ0v) is 10.9. The fourth-order valence-corrected chi connectivity index (χ4v) is 2.70. The molecule has 1 aliphatic rings. The molecule has 0 atom stereocenters. The van der Waals surface area contributed by atoms with Gasteiger partial charge in [-0.3, -0.25) is 4.79 Å². The molecule has 2 aromatic rings. The average Bonchev–Trinajstić information content (AvgIpc) is 2.83. The van der Waals surface area contributed by atoms with Crippen LogP contribution in [0, 0.1) is 0 Å². The molecule has 1 aliphatic heterocycles. The number of aromatic nitrogens is 1. The van der Waals surface area contributed by atoms with Crippen molar-refractivity contribution < 1.29 is 4.79 Å². The summed E-state index contributed by atoms with van der Waals surface area (Å²) in [5.41, 5.74) is 8.03. The quantitative estimate of drug-likeness (QED) is 0.859. The maximum atomic E-state index is 12.3. The van der Waals surface area contributed by atoms with E-state index in [1.807, 2.05) is 29.3 Å². The van der Waals surface area contributed by atoms with Gasteiger partial charge < -0.3 is 15.6 Å². The minimum atomic E-state index is 0.205. The van der Waals surface area contributed by atoms with Crippen LogP contribution in [0.1, 0.15) is 18.4 Å². The van der Waals surface area contributed by atoms with E-state index >= 15 is 0 Å². The van der Waals surface area contributed by atoms with E-state index in [4.69, 9.17) is 5.73 Å². The first-order chi connectivity index (χ1) is 9.24. The van der Waals surface area contributed by atoms with Gasteiger partial charge in [-0.1, -0.05) is 18.2 Å². The largest absolute Gasteiger partial charge is 0.361 e. The molecule has 100 valence electrons. The minimum absolute atomic E-state index is 0.205. The van der Waals surface area contributed by atoms with Crippen molar-refractivity contribution in [2.24, 2.45) is 5.73 Å². The second-order valence-electron chi connectivity index (χ2n) is 5.25. The Morgan fingerprint density at radius 2 is 2.05 bits per heavy atom. The van der Waals surface area contributed by atoms with E-state index in [9.17, 15) is 4.79 Å². The van der Waals surface area contributed by atoms with Crippen molar-refractivity contribution in [1.29, 1.82) is 0 Å². The van der Waals surface area contributed by atoms with Crippen LogP contribution in [0.25, 0.3) is 10.9 Å². The number of aromatic amines is 1. The number of nitrogens with two attached hydrogens (primary N) is 1. The Morgan fingerprint density at radius 1 is 1.32 bits per heavy atom. The van der Waals surface area contributed by atoms with E-state index in [2.05, 4.69) is 11.1 Å². The summed E-state index contributed by atoms with van der Waals surface area (Å²) in [5.74, 6) is 0.205. The third kappa shape index (κ3) is 2.49. The molecule has 0 saturated carbocycles. The molecule has 19 heavy (non-hydrogen) atoms. The number of fused-ring (bicyclic) bond motifs is 1. The lowest BCUT2D eigenvalue weighted by molar-refractivity contribution is -0.131. The number of carbonyl (C=O) groups excluding carboxylic acids is 1.